The first-order chi connectivity index (χ1) is 9.16. The van der Waals surface area contributed by atoms with Crippen molar-refractivity contribution >= 4 is 5.91 Å². The topological polar surface area (TPSA) is 35.6 Å². The molecule has 1 N–H and O–H groups in total. The van der Waals surface area contributed by atoms with Crippen LogP contribution in [0.25, 0.3) is 0 Å². The van der Waals surface area contributed by atoms with E-state index in [2.05, 4.69) is 22.2 Å². The molecule has 0 aromatic carbocycles. The van der Waals surface area contributed by atoms with Crippen LogP contribution in [-0.4, -0.2) is 61.5 Å². The molecule has 0 saturated carbocycles. The summed E-state index contributed by atoms with van der Waals surface area (Å²) in [6, 6.07) is 0.705. The fourth-order valence-electron chi connectivity index (χ4n) is 3.74. The van der Waals surface area contributed by atoms with Gasteiger partial charge in [0.15, 0.2) is 0 Å². The molecule has 3 aliphatic heterocycles. The molecule has 0 aliphatic carbocycles. The number of carbonyl (C=O) groups is 1. The predicted octanol–water partition coefficient (Wildman–Crippen LogP) is 0.849. The zero-order chi connectivity index (χ0) is 13.4. The van der Waals surface area contributed by atoms with Crippen LogP contribution in [-0.2, 0) is 4.79 Å². The van der Waals surface area contributed by atoms with Crippen LogP contribution < -0.4 is 5.32 Å². The predicted molar refractivity (Wildman–Crippen MR) is 75.9 cm³/mol. The van der Waals surface area contributed by atoms with Crippen molar-refractivity contribution in [2.45, 2.75) is 32.2 Å². The summed E-state index contributed by atoms with van der Waals surface area (Å²) in [5.41, 5.74) is 2.29. The number of fused-ring (bicyclic) bond motifs is 1. The van der Waals surface area contributed by atoms with E-state index >= 15 is 0 Å². The van der Waals surface area contributed by atoms with Crippen molar-refractivity contribution in [3.8, 4) is 0 Å². The Labute approximate surface area is 115 Å². The number of likely N-dealkylation sites (tertiary alicyclic amines) is 2. The van der Waals surface area contributed by atoms with E-state index < -0.39 is 0 Å². The molecular weight excluding hydrogens is 238 g/mol. The Kier molecular flexibility index (Phi) is 3.63. The SMILES string of the molecule is CC(C(=O)N1CCC2C(CCCN2C)C1)=C1CNC1. The molecule has 1 amide bonds. The smallest absolute Gasteiger partial charge is 0.249 e. The Hall–Kier alpha value is -0.870. The number of nitrogens with zero attached hydrogens (tertiary/aromatic N) is 2. The van der Waals surface area contributed by atoms with E-state index in [0.29, 0.717) is 12.0 Å². The zero-order valence-corrected chi connectivity index (χ0v) is 12.1. The van der Waals surface area contributed by atoms with Crippen LogP contribution in [0.2, 0.25) is 0 Å². The van der Waals surface area contributed by atoms with Crippen molar-refractivity contribution < 1.29 is 4.79 Å². The highest BCUT2D eigenvalue weighted by molar-refractivity contribution is 5.94. The molecule has 4 heteroatoms. The third-order valence-electron chi connectivity index (χ3n) is 5.16. The van der Waals surface area contributed by atoms with Crippen LogP contribution in [0.5, 0.6) is 0 Å². The van der Waals surface area contributed by atoms with Crippen molar-refractivity contribution in [1.29, 1.82) is 0 Å². The van der Waals surface area contributed by atoms with E-state index in [1.807, 2.05) is 6.92 Å². The maximum atomic E-state index is 12.5. The quantitative estimate of drug-likeness (QED) is 0.712. The third kappa shape index (κ3) is 2.43. The first-order valence-corrected chi connectivity index (χ1v) is 7.55. The highest BCUT2D eigenvalue weighted by atomic mass is 16.2. The van der Waals surface area contributed by atoms with Crippen molar-refractivity contribution in [2.75, 3.05) is 39.8 Å². The normalized spacial score (nSPS) is 31.7. The summed E-state index contributed by atoms with van der Waals surface area (Å²) < 4.78 is 0. The summed E-state index contributed by atoms with van der Waals surface area (Å²) in [4.78, 5) is 17.1. The van der Waals surface area contributed by atoms with Crippen LogP contribution in [0, 0.1) is 5.92 Å². The average Bonchev–Trinajstić information content (AvgIpc) is 2.35. The molecule has 0 aromatic rings. The van der Waals surface area contributed by atoms with Gasteiger partial charge in [-0.1, -0.05) is 0 Å². The molecule has 2 atom stereocenters. The Bertz CT molecular complexity index is 398. The first-order valence-electron chi connectivity index (χ1n) is 7.55. The summed E-state index contributed by atoms with van der Waals surface area (Å²) in [6.45, 7) is 6.93. The molecule has 106 valence electrons. The minimum absolute atomic E-state index is 0.281. The number of hydrogen-bond acceptors (Lipinski definition) is 3. The van der Waals surface area contributed by atoms with Gasteiger partial charge in [0.2, 0.25) is 5.91 Å². The molecule has 3 aliphatic rings. The number of amides is 1. The Balaban J connectivity index is 1.66. The van der Waals surface area contributed by atoms with E-state index in [9.17, 15) is 4.79 Å². The lowest BCUT2D eigenvalue weighted by molar-refractivity contribution is -0.130. The van der Waals surface area contributed by atoms with E-state index in [1.54, 1.807) is 0 Å². The van der Waals surface area contributed by atoms with Gasteiger partial charge in [0.05, 0.1) is 0 Å². The Morgan fingerprint density at radius 1 is 1.26 bits per heavy atom. The lowest BCUT2D eigenvalue weighted by Crippen LogP contribution is -2.54. The number of nitrogens with one attached hydrogen (secondary N) is 1. The number of rotatable bonds is 1. The van der Waals surface area contributed by atoms with Gasteiger partial charge >= 0.3 is 0 Å². The van der Waals surface area contributed by atoms with Gasteiger partial charge in [0, 0.05) is 37.8 Å². The molecule has 19 heavy (non-hydrogen) atoms. The largest absolute Gasteiger partial charge is 0.339 e. The van der Waals surface area contributed by atoms with Crippen molar-refractivity contribution in [3.63, 3.8) is 0 Å². The van der Waals surface area contributed by atoms with Crippen molar-refractivity contribution in [2.24, 2.45) is 5.92 Å². The fraction of sp³-hybridized carbons (Fsp3) is 0.800. The molecule has 0 aromatic heterocycles. The average molecular weight is 263 g/mol. The van der Waals surface area contributed by atoms with Gasteiger partial charge in [-0.25, -0.2) is 0 Å². The molecule has 0 spiro atoms. The Morgan fingerprint density at radius 3 is 2.74 bits per heavy atom. The standard InChI is InChI=1S/C15H25N3O/c1-11(13-8-16-9-13)15(19)18-7-5-14-12(10-18)4-3-6-17(14)2/h12,14,16H,3-10H2,1-2H3. The summed E-state index contributed by atoms with van der Waals surface area (Å²) in [5.74, 6) is 0.969. The molecule has 4 nitrogen and oxygen atoms in total. The highest BCUT2D eigenvalue weighted by Crippen LogP contribution is 2.30. The second-order valence-corrected chi connectivity index (χ2v) is 6.32. The fourth-order valence-corrected chi connectivity index (χ4v) is 3.74. The first kappa shape index (κ1) is 13.1. The molecule has 2 unspecified atom stereocenters. The van der Waals surface area contributed by atoms with Gasteiger partial charge in [0.1, 0.15) is 0 Å². The van der Waals surface area contributed by atoms with Crippen LogP contribution >= 0.6 is 0 Å². The van der Waals surface area contributed by atoms with Crippen molar-refractivity contribution in [1.82, 2.24) is 15.1 Å². The maximum Gasteiger partial charge on any atom is 0.249 e. The van der Waals surface area contributed by atoms with E-state index in [4.69, 9.17) is 0 Å². The van der Waals surface area contributed by atoms with Crippen LogP contribution in [0.1, 0.15) is 26.2 Å². The third-order valence-corrected chi connectivity index (χ3v) is 5.16. The zero-order valence-electron chi connectivity index (χ0n) is 12.1. The molecule has 3 heterocycles. The van der Waals surface area contributed by atoms with Crippen molar-refractivity contribution in [3.05, 3.63) is 11.1 Å². The van der Waals surface area contributed by atoms with Gasteiger partial charge in [-0.3, -0.25) is 4.79 Å². The van der Waals surface area contributed by atoms with Gasteiger partial charge in [-0.05, 0) is 51.3 Å². The number of hydrogen-bond donors (Lipinski definition) is 1. The second-order valence-electron chi connectivity index (χ2n) is 6.32. The monoisotopic (exact) mass is 263 g/mol. The second kappa shape index (κ2) is 5.25. The highest BCUT2D eigenvalue weighted by Gasteiger charge is 2.36. The lowest BCUT2D eigenvalue weighted by atomic mass is 9.84. The van der Waals surface area contributed by atoms with Gasteiger partial charge in [-0.2, -0.15) is 0 Å². The number of carbonyl (C=O) groups excluding carboxylic acids is 1. The van der Waals surface area contributed by atoms with E-state index in [1.165, 1.54) is 25.0 Å². The molecule has 0 radical (unpaired) electrons. The van der Waals surface area contributed by atoms with Crippen LogP contribution in [0.15, 0.2) is 11.1 Å². The Morgan fingerprint density at radius 2 is 2.05 bits per heavy atom. The molecule has 3 rings (SSSR count). The maximum absolute atomic E-state index is 12.5. The van der Waals surface area contributed by atoms with Gasteiger partial charge in [-0.15, -0.1) is 0 Å². The van der Waals surface area contributed by atoms with Crippen LogP contribution in [0.3, 0.4) is 0 Å². The van der Waals surface area contributed by atoms with Gasteiger partial charge < -0.3 is 15.1 Å². The summed E-state index contributed by atoms with van der Waals surface area (Å²) in [7, 11) is 2.24. The van der Waals surface area contributed by atoms with Gasteiger partial charge in [0.25, 0.3) is 0 Å². The molecular formula is C15H25N3O. The van der Waals surface area contributed by atoms with E-state index in [-0.39, 0.29) is 5.91 Å². The summed E-state index contributed by atoms with van der Waals surface area (Å²) in [5, 5.41) is 3.22. The summed E-state index contributed by atoms with van der Waals surface area (Å²) in [6.07, 6.45) is 3.72. The lowest BCUT2D eigenvalue weighted by Gasteiger charge is -2.46. The number of piperidine rings is 2. The molecule has 0 bridgehead atoms. The molecule has 3 fully saturated rings. The minimum atomic E-state index is 0.281. The van der Waals surface area contributed by atoms with Crippen LogP contribution in [0.4, 0.5) is 0 Å². The minimum Gasteiger partial charge on any atom is -0.339 e. The molecule has 3 saturated heterocycles. The summed E-state index contributed by atoms with van der Waals surface area (Å²) >= 11 is 0. The van der Waals surface area contributed by atoms with E-state index in [0.717, 1.165) is 38.2 Å².